The van der Waals surface area contributed by atoms with E-state index in [1.54, 1.807) is 14.0 Å². The number of thioether (sulfide) groups is 1. The Bertz CT molecular complexity index is 672. The smallest absolute Gasteiger partial charge is 0.321 e. The van der Waals surface area contributed by atoms with Gasteiger partial charge in [0, 0.05) is 12.6 Å². The van der Waals surface area contributed by atoms with Crippen molar-refractivity contribution in [3.05, 3.63) is 0 Å². The number of carbonyl (C=O) groups is 2. The topological polar surface area (TPSA) is 96.0 Å². The lowest BCUT2D eigenvalue weighted by Gasteiger charge is -2.56. The minimum Gasteiger partial charge on any atom is -0.363 e. The minimum absolute atomic E-state index is 0.0869. The van der Waals surface area contributed by atoms with Crippen molar-refractivity contribution in [3.63, 3.8) is 0 Å². The number of hydrogen-bond donors (Lipinski definition) is 3. The molecule has 1 atom stereocenters. The van der Waals surface area contributed by atoms with Crippen molar-refractivity contribution < 1.29 is 9.59 Å². The molecule has 0 aromatic carbocycles. The first kappa shape index (κ1) is 18.0. The fourth-order valence-electron chi connectivity index (χ4n) is 5.31. The lowest BCUT2D eigenvalue weighted by atomic mass is 9.53. The molecular formula is C17H25N5O2S2. The summed E-state index contributed by atoms with van der Waals surface area (Å²) >= 11 is 2.70. The van der Waals surface area contributed by atoms with Gasteiger partial charge in [0.1, 0.15) is 0 Å². The third kappa shape index (κ3) is 3.69. The van der Waals surface area contributed by atoms with E-state index in [4.69, 9.17) is 0 Å². The summed E-state index contributed by atoms with van der Waals surface area (Å²) in [7, 11) is 1.78. The van der Waals surface area contributed by atoms with E-state index in [1.807, 2.05) is 0 Å². The summed E-state index contributed by atoms with van der Waals surface area (Å²) < 4.78 is 0.707. The van der Waals surface area contributed by atoms with Crippen molar-refractivity contribution in [2.45, 2.75) is 60.6 Å². The van der Waals surface area contributed by atoms with Crippen LogP contribution in [0.25, 0.3) is 0 Å². The molecule has 9 heteroatoms. The van der Waals surface area contributed by atoms with Gasteiger partial charge in [-0.2, -0.15) is 0 Å². The molecule has 0 radical (unpaired) electrons. The summed E-state index contributed by atoms with van der Waals surface area (Å²) in [4.78, 5) is 24.8. The van der Waals surface area contributed by atoms with Crippen LogP contribution in [-0.2, 0) is 4.79 Å². The van der Waals surface area contributed by atoms with Gasteiger partial charge in [0.05, 0.1) is 5.25 Å². The summed E-state index contributed by atoms with van der Waals surface area (Å²) in [5, 5.41) is 16.9. The predicted molar refractivity (Wildman–Crippen MR) is 102 cm³/mol. The van der Waals surface area contributed by atoms with Gasteiger partial charge in [-0.05, 0) is 63.2 Å². The van der Waals surface area contributed by atoms with Gasteiger partial charge in [-0.3, -0.25) is 10.1 Å². The molecule has 0 spiro atoms. The lowest BCUT2D eigenvalue weighted by molar-refractivity contribution is -0.119. The van der Waals surface area contributed by atoms with E-state index in [2.05, 4.69) is 26.1 Å². The van der Waals surface area contributed by atoms with Crippen LogP contribution in [0.1, 0.15) is 45.4 Å². The highest BCUT2D eigenvalue weighted by atomic mass is 32.2. The Hall–Kier alpha value is -1.35. The quantitative estimate of drug-likeness (QED) is 0.664. The Morgan fingerprint density at radius 1 is 1.15 bits per heavy atom. The first-order valence-electron chi connectivity index (χ1n) is 9.25. The van der Waals surface area contributed by atoms with E-state index in [0.717, 1.165) is 37.0 Å². The molecule has 0 unspecified atom stereocenters. The maximum atomic E-state index is 12.5. The van der Waals surface area contributed by atoms with Crippen LogP contribution >= 0.6 is 23.1 Å². The number of nitrogens with one attached hydrogen (secondary N) is 3. The molecule has 1 aromatic rings. The number of amides is 3. The first-order chi connectivity index (χ1) is 12.4. The van der Waals surface area contributed by atoms with Crippen LogP contribution in [0.3, 0.4) is 0 Å². The van der Waals surface area contributed by atoms with Crippen molar-refractivity contribution in [1.82, 2.24) is 20.8 Å². The first-order valence-corrected chi connectivity index (χ1v) is 11.0. The van der Waals surface area contributed by atoms with Crippen LogP contribution in [0, 0.1) is 17.8 Å². The molecule has 5 rings (SSSR count). The number of urea groups is 1. The van der Waals surface area contributed by atoms with Crippen molar-refractivity contribution in [1.29, 1.82) is 0 Å². The normalized spacial score (nSPS) is 32.9. The molecule has 4 fully saturated rings. The highest BCUT2D eigenvalue weighted by Crippen LogP contribution is 2.55. The van der Waals surface area contributed by atoms with Crippen LogP contribution in [0.5, 0.6) is 0 Å². The maximum absolute atomic E-state index is 12.5. The number of nitrogens with zero attached hydrogens (tertiary/aromatic N) is 2. The summed E-state index contributed by atoms with van der Waals surface area (Å²) in [5.74, 6) is 1.97. The van der Waals surface area contributed by atoms with Gasteiger partial charge in [0.2, 0.25) is 11.0 Å². The third-order valence-electron chi connectivity index (χ3n) is 5.92. The van der Waals surface area contributed by atoms with Gasteiger partial charge in [0.15, 0.2) is 4.34 Å². The van der Waals surface area contributed by atoms with Gasteiger partial charge < -0.3 is 10.6 Å². The van der Waals surface area contributed by atoms with Crippen LogP contribution in [0.15, 0.2) is 4.34 Å². The van der Waals surface area contributed by atoms with Gasteiger partial charge in [-0.15, -0.1) is 10.2 Å². The summed E-state index contributed by atoms with van der Waals surface area (Å²) in [6, 6.07) is -0.349. The van der Waals surface area contributed by atoms with E-state index in [0.29, 0.717) is 9.47 Å². The van der Waals surface area contributed by atoms with Crippen LogP contribution in [-0.4, -0.2) is 40.0 Å². The van der Waals surface area contributed by atoms with E-state index >= 15 is 0 Å². The van der Waals surface area contributed by atoms with E-state index in [-0.39, 0.29) is 17.5 Å². The number of carbonyl (C=O) groups excluding carboxylic acids is 2. The Kier molecular flexibility index (Phi) is 4.85. The molecule has 7 nitrogen and oxygen atoms in total. The van der Waals surface area contributed by atoms with Gasteiger partial charge in [0.25, 0.3) is 0 Å². The molecule has 3 amide bonds. The molecular weight excluding hydrogens is 370 g/mol. The largest absolute Gasteiger partial charge is 0.363 e. The van der Waals surface area contributed by atoms with Gasteiger partial charge in [-0.1, -0.05) is 23.1 Å². The second-order valence-electron chi connectivity index (χ2n) is 8.02. The fraction of sp³-hybridized carbons (Fsp3) is 0.765. The van der Waals surface area contributed by atoms with Crippen molar-refractivity contribution in [3.8, 4) is 0 Å². The van der Waals surface area contributed by atoms with Crippen LogP contribution < -0.4 is 16.0 Å². The highest BCUT2D eigenvalue weighted by Gasteiger charge is 2.51. The molecule has 4 bridgehead atoms. The SMILES string of the molecule is CNc1nnc(S[C@H](C)C(=O)NC(=O)NC23CC4CC(CC(C4)C2)C3)s1. The fourth-order valence-corrected chi connectivity index (χ4v) is 7.16. The standard InChI is InChI=1S/C17H25N5O2S2/c1-9(25-16-22-21-15(18-2)26-16)13(23)19-14(24)20-17-6-10-3-11(7-17)5-12(4-10)8-17/h9-12H,3-8H2,1-2H3,(H,18,21)(H2,19,20,23,24)/t9-,10?,11?,12?,17?/m1/s1. The molecule has 4 aliphatic carbocycles. The molecule has 1 aromatic heterocycles. The zero-order valence-electron chi connectivity index (χ0n) is 15.1. The van der Waals surface area contributed by atoms with Crippen molar-refractivity contribution in [2.24, 2.45) is 17.8 Å². The number of imide groups is 1. The van der Waals surface area contributed by atoms with Crippen molar-refractivity contribution >= 4 is 40.2 Å². The average molecular weight is 396 g/mol. The Labute approximate surface area is 161 Å². The maximum Gasteiger partial charge on any atom is 0.321 e. The van der Waals surface area contributed by atoms with E-state index in [1.165, 1.54) is 42.4 Å². The summed E-state index contributed by atoms with van der Waals surface area (Å²) in [6.07, 6.45) is 7.19. The number of hydrogen-bond acceptors (Lipinski definition) is 7. The van der Waals surface area contributed by atoms with Gasteiger partial charge >= 0.3 is 6.03 Å². The molecule has 4 aliphatic rings. The van der Waals surface area contributed by atoms with E-state index in [9.17, 15) is 9.59 Å². The third-order valence-corrected chi connectivity index (χ3v) is 8.05. The highest BCUT2D eigenvalue weighted by molar-refractivity contribution is 8.02. The molecule has 142 valence electrons. The second-order valence-corrected chi connectivity index (χ2v) is 10.6. The van der Waals surface area contributed by atoms with E-state index < -0.39 is 5.25 Å². The lowest BCUT2D eigenvalue weighted by Crippen LogP contribution is -2.62. The number of rotatable bonds is 5. The Morgan fingerprint density at radius 3 is 2.31 bits per heavy atom. The summed E-state index contributed by atoms with van der Waals surface area (Å²) in [6.45, 7) is 1.78. The molecule has 3 N–H and O–H groups in total. The molecule has 0 saturated heterocycles. The number of aromatic nitrogens is 2. The summed E-state index contributed by atoms with van der Waals surface area (Å²) in [5.41, 5.74) is -0.0869. The predicted octanol–water partition coefficient (Wildman–Crippen LogP) is 2.86. The zero-order valence-corrected chi connectivity index (χ0v) is 16.7. The number of anilines is 1. The zero-order chi connectivity index (χ0) is 18.3. The molecule has 1 heterocycles. The van der Waals surface area contributed by atoms with Crippen LogP contribution in [0.4, 0.5) is 9.93 Å². The molecule has 26 heavy (non-hydrogen) atoms. The second kappa shape index (κ2) is 6.99. The Morgan fingerprint density at radius 2 is 1.77 bits per heavy atom. The van der Waals surface area contributed by atoms with Crippen molar-refractivity contribution in [2.75, 3.05) is 12.4 Å². The monoisotopic (exact) mass is 395 g/mol. The minimum atomic E-state index is -0.408. The molecule has 0 aliphatic heterocycles. The van der Waals surface area contributed by atoms with Gasteiger partial charge in [-0.25, -0.2) is 4.79 Å². The Balaban J connectivity index is 1.31. The molecule has 4 saturated carbocycles. The average Bonchev–Trinajstić information content (AvgIpc) is 3.00. The van der Waals surface area contributed by atoms with Crippen LogP contribution in [0.2, 0.25) is 0 Å².